The molecule has 0 saturated carbocycles. The number of rotatable bonds is 11. The van der Waals surface area contributed by atoms with Gasteiger partial charge in [0, 0.05) is 19.7 Å². The fraction of sp³-hybridized carbons (Fsp3) is 0.483. The Bertz CT molecular complexity index is 862. The number of hydrogen-bond acceptors (Lipinski definition) is 3. The Morgan fingerprint density at radius 2 is 1.56 bits per heavy atom. The van der Waals surface area contributed by atoms with Gasteiger partial charge < -0.3 is 14.4 Å². The van der Waals surface area contributed by atoms with E-state index in [1.54, 1.807) is 6.08 Å². The number of hydrogen-bond donors (Lipinski definition) is 1. The van der Waals surface area contributed by atoms with Gasteiger partial charge in [-0.2, -0.15) is 0 Å². The summed E-state index contributed by atoms with van der Waals surface area (Å²) in [5, 5.41) is 13.1. The summed E-state index contributed by atoms with van der Waals surface area (Å²) in [5.41, 5.74) is 0. The minimum absolute atomic E-state index is 0.0622. The van der Waals surface area contributed by atoms with Crippen LogP contribution in [0.2, 0.25) is 5.04 Å². The summed E-state index contributed by atoms with van der Waals surface area (Å²) in [4.78, 5) is 14.0. The summed E-state index contributed by atoms with van der Waals surface area (Å²) in [7, 11) is -2.55. The molecule has 1 aliphatic rings. The predicted molar refractivity (Wildman–Crippen MR) is 143 cm³/mol. The van der Waals surface area contributed by atoms with Gasteiger partial charge in [0.15, 0.2) is 0 Å². The Morgan fingerprint density at radius 1 is 1.00 bits per heavy atom. The fourth-order valence-corrected chi connectivity index (χ4v) is 9.53. The number of likely N-dealkylation sites (tertiary alicyclic amines) is 1. The number of nitrogens with zero attached hydrogens (tertiary/aromatic N) is 1. The van der Waals surface area contributed by atoms with Crippen LogP contribution >= 0.6 is 0 Å². The molecule has 0 radical (unpaired) electrons. The highest BCUT2D eigenvalue weighted by atomic mass is 28.4. The van der Waals surface area contributed by atoms with Gasteiger partial charge in [-0.3, -0.25) is 4.79 Å². The van der Waals surface area contributed by atoms with E-state index in [4.69, 9.17) is 4.43 Å². The van der Waals surface area contributed by atoms with Crippen molar-refractivity contribution < 1.29 is 14.3 Å². The summed E-state index contributed by atoms with van der Waals surface area (Å²) in [6, 6.07) is 21.2. The number of benzene rings is 2. The van der Waals surface area contributed by atoms with E-state index in [1.807, 2.05) is 23.1 Å². The fourth-order valence-electron chi connectivity index (χ4n) is 4.95. The van der Waals surface area contributed by atoms with Gasteiger partial charge in [0.2, 0.25) is 5.91 Å². The highest BCUT2D eigenvalue weighted by molar-refractivity contribution is 6.99. The summed E-state index contributed by atoms with van der Waals surface area (Å²) in [5.74, 6) is 0.122. The molecule has 1 atom stereocenters. The first-order chi connectivity index (χ1) is 16.3. The maximum absolute atomic E-state index is 12.1. The highest BCUT2D eigenvalue weighted by Crippen LogP contribution is 2.36. The van der Waals surface area contributed by atoms with Crippen LogP contribution in [-0.2, 0) is 9.22 Å². The lowest BCUT2D eigenvalue weighted by atomic mass is 10.1. The quantitative estimate of drug-likeness (QED) is 0.290. The number of amides is 1. The molecule has 1 aliphatic heterocycles. The van der Waals surface area contributed by atoms with Crippen molar-refractivity contribution in [1.29, 1.82) is 0 Å². The van der Waals surface area contributed by atoms with Crippen LogP contribution in [0.1, 0.15) is 59.3 Å². The molecule has 1 fully saturated rings. The van der Waals surface area contributed by atoms with Crippen molar-refractivity contribution in [3.8, 4) is 0 Å². The second-order valence-electron chi connectivity index (χ2n) is 10.3. The summed E-state index contributed by atoms with van der Waals surface area (Å²) in [6.07, 6.45) is 8.48. The molecule has 0 bridgehead atoms. The number of carbonyl (C=O) groups excluding carboxylic acids is 1. The molecule has 0 unspecified atom stereocenters. The van der Waals surface area contributed by atoms with Gasteiger partial charge in [0.05, 0.1) is 6.10 Å². The summed E-state index contributed by atoms with van der Waals surface area (Å²) >= 11 is 0. The van der Waals surface area contributed by atoms with Gasteiger partial charge >= 0.3 is 0 Å². The van der Waals surface area contributed by atoms with E-state index in [9.17, 15) is 9.90 Å². The Balaban J connectivity index is 1.56. The average Bonchev–Trinajstić information content (AvgIpc) is 3.37. The number of aliphatic hydroxyl groups is 1. The third-order valence-electron chi connectivity index (χ3n) is 6.77. The second-order valence-corrected chi connectivity index (χ2v) is 14.6. The third-order valence-corrected chi connectivity index (χ3v) is 11.8. The lowest BCUT2D eigenvalue weighted by Gasteiger charge is -2.43. The molecular formula is C29H41NO3Si. The SMILES string of the molecule is CC(C)(C)[Si](OCC[C@H](O)CCC/C=C/C(=O)N1CCCC1)(c1ccccc1)c1ccccc1. The number of allylic oxidation sites excluding steroid dienone is 1. The van der Waals surface area contributed by atoms with Gasteiger partial charge in [0.25, 0.3) is 8.32 Å². The zero-order valence-corrected chi connectivity index (χ0v) is 22.1. The topological polar surface area (TPSA) is 49.8 Å². The molecule has 0 aliphatic carbocycles. The van der Waals surface area contributed by atoms with Gasteiger partial charge in [0.1, 0.15) is 0 Å². The second kappa shape index (κ2) is 12.5. The molecule has 1 amide bonds. The molecule has 1 saturated heterocycles. The highest BCUT2D eigenvalue weighted by Gasteiger charge is 2.50. The zero-order chi connectivity index (χ0) is 24.4. The van der Waals surface area contributed by atoms with Crippen LogP contribution in [0.3, 0.4) is 0 Å². The lowest BCUT2D eigenvalue weighted by molar-refractivity contribution is -0.125. The van der Waals surface area contributed by atoms with E-state index < -0.39 is 14.4 Å². The molecular weight excluding hydrogens is 438 g/mol. The molecule has 3 rings (SSSR count). The van der Waals surface area contributed by atoms with Crippen molar-refractivity contribution in [2.45, 2.75) is 70.4 Å². The Morgan fingerprint density at radius 3 is 2.09 bits per heavy atom. The van der Waals surface area contributed by atoms with E-state index in [2.05, 4.69) is 69.3 Å². The Labute approximate surface area is 206 Å². The van der Waals surface area contributed by atoms with Crippen LogP contribution in [0.4, 0.5) is 0 Å². The summed E-state index contributed by atoms with van der Waals surface area (Å²) < 4.78 is 6.87. The van der Waals surface area contributed by atoms with Crippen molar-refractivity contribution >= 4 is 24.6 Å². The molecule has 2 aromatic carbocycles. The van der Waals surface area contributed by atoms with Crippen LogP contribution in [-0.4, -0.2) is 50.0 Å². The van der Waals surface area contributed by atoms with Gasteiger partial charge in [-0.15, -0.1) is 0 Å². The number of carbonyl (C=O) groups is 1. The van der Waals surface area contributed by atoms with E-state index >= 15 is 0 Å². The van der Waals surface area contributed by atoms with Crippen molar-refractivity contribution in [3.05, 3.63) is 72.8 Å². The van der Waals surface area contributed by atoms with Gasteiger partial charge in [-0.05, 0) is 60.0 Å². The van der Waals surface area contributed by atoms with Crippen molar-refractivity contribution in [2.75, 3.05) is 19.7 Å². The number of aliphatic hydroxyl groups excluding tert-OH is 1. The Hall–Kier alpha value is -2.21. The average molecular weight is 480 g/mol. The standard InChI is InChI=1S/C29H41NO3Si/c1-29(2,3)34(26-16-8-5-9-17-26,27-18-10-6-11-19-27)33-24-21-25(31)15-7-4-12-20-28(32)30-22-13-14-23-30/h5-6,8-12,16-20,25,31H,4,7,13-15,21-24H2,1-3H3/b20-12+/t25-/m1/s1. The number of unbranched alkanes of at least 4 members (excludes halogenated alkanes) is 1. The van der Waals surface area contributed by atoms with Crippen molar-refractivity contribution in [3.63, 3.8) is 0 Å². The molecule has 2 aromatic rings. The lowest BCUT2D eigenvalue weighted by Crippen LogP contribution is -2.66. The largest absolute Gasteiger partial charge is 0.407 e. The minimum Gasteiger partial charge on any atom is -0.407 e. The van der Waals surface area contributed by atoms with Gasteiger partial charge in [-0.25, -0.2) is 0 Å². The predicted octanol–water partition coefficient (Wildman–Crippen LogP) is 4.66. The smallest absolute Gasteiger partial charge is 0.261 e. The molecule has 34 heavy (non-hydrogen) atoms. The van der Waals surface area contributed by atoms with E-state index in [-0.39, 0.29) is 10.9 Å². The van der Waals surface area contributed by atoms with Crippen LogP contribution in [0, 0.1) is 0 Å². The van der Waals surface area contributed by atoms with Crippen molar-refractivity contribution in [2.24, 2.45) is 0 Å². The normalized spacial score (nSPS) is 15.7. The first kappa shape index (κ1) is 26.4. The molecule has 0 aromatic heterocycles. The van der Waals surface area contributed by atoms with Gasteiger partial charge in [-0.1, -0.05) is 87.5 Å². The van der Waals surface area contributed by atoms with E-state index in [0.717, 1.165) is 38.8 Å². The van der Waals surface area contributed by atoms with E-state index in [1.165, 1.54) is 10.4 Å². The Kier molecular flexibility index (Phi) is 9.69. The maximum Gasteiger partial charge on any atom is 0.261 e. The minimum atomic E-state index is -2.55. The molecule has 5 heteroatoms. The summed E-state index contributed by atoms with van der Waals surface area (Å²) in [6.45, 7) is 9.10. The van der Waals surface area contributed by atoms with Crippen LogP contribution < -0.4 is 10.4 Å². The monoisotopic (exact) mass is 479 g/mol. The first-order valence-electron chi connectivity index (χ1n) is 12.7. The van der Waals surface area contributed by atoms with Crippen LogP contribution in [0.5, 0.6) is 0 Å². The first-order valence-corrected chi connectivity index (χ1v) is 14.6. The van der Waals surface area contributed by atoms with Crippen LogP contribution in [0.25, 0.3) is 0 Å². The zero-order valence-electron chi connectivity index (χ0n) is 21.1. The van der Waals surface area contributed by atoms with E-state index in [0.29, 0.717) is 19.4 Å². The third kappa shape index (κ3) is 6.68. The molecule has 184 valence electrons. The van der Waals surface area contributed by atoms with Crippen molar-refractivity contribution in [1.82, 2.24) is 4.90 Å². The molecule has 0 spiro atoms. The molecule has 4 nitrogen and oxygen atoms in total. The maximum atomic E-state index is 12.1. The van der Waals surface area contributed by atoms with Crippen LogP contribution in [0.15, 0.2) is 72.8 Å². The molecule has 1 N–H and O–H groups in total. The molecule has 1 heterocycles.